The van der Waals surface area contributed by atoms with Crippen molar-refractivity contribution in [3.05, 3.63) is 46.7 Å². The monoisotopic (exact) mass is 426 g/mol. The first kappa shape index (κ1) is 21.9. The van der Waals surface area contributed by atoms with E-state index in [0.29, 0.717) is 0 Å². The van der Waals surface area contributed by atoms with Crippen LogP contribution in [-0.4, -0.2) is 41.2 Å². The Bertz CT molecular complexity index is 940. The molecule has 1 aromatic carbocycles. The minimum atomic E-state index is -5.34. The number of carbonyl (C=O) groups is 1. The minimum Gasteiger partial charge on any atom is -0.508 e. The second kappa shape index (κ2) is 7.18. The Morgan fingerprint density at radius 3 is 2.33 bits per heavy atom. The number of phenols is 1. The number of esters is 1. The summed E-state index contributed by atoms with van der Waals surface area (Å²) in [6, 6.07) is 5.13. The molecule has 1 aliphatic carbocycles. The van der Waals surface area contributed by atoms with Gasteiger partial charge < -0.3 is 19.7 Å². The number of methoxy groups -OCH3 is 1. The van der Waals surface area contributed by atoms with Crippen LogP contribution in [0.1, 0.15) is 38.2 Å². The summed E-state index contributed by atoms with van der Waals surface area (Å²) in [4.78, 5) is 24.3. The molecule has 0 saturated carbocycles. The van der Waals surface area contributed by atoms with Gasteiger partial charge in [0.2, 0.25) is 0 Å². The van der Waals surface area contributed by atoms with Crippen LogP contribution in [0.4, 0.5) is 13.2 Å². The summed E-state index contributed by atoms with van der Waals surface area (Å²) >= 11 is 0. The lowest BCUT2D eigenvalue weighted by Crippen LogP contribution is -2.60. The highest BCUT2D eigenvalue weighted by Gasteiger charge is 2.69. The Morgan fingerprint density at radius 1 is 1.23 bits per heavy atom. The van der Waals surface area contributed by atoms with Crippen LogP contribution in [0.25, 0.3) is 0 Å². The van der Waals surface area contributed by atoms with Crippen LogP contribution in [0.15, 0.2) is 41.2 Å². The first-order chi connectivity index (χ1) is 13.8. The SMILES string of the molecule is COC(=O)C1C(c2ccc(O)cc2)C2=C(CC(C)(C)CC2=C=O)OC1(O)C(F)(F)F. The molecule has 3 atom stereocenters. The van der Waals surface area contributed by atoms with Gasteiger partial charge in [-0.25, -0.2) is 4.79 Å². The molecule has 9 heteroatoms. The third-order valence-electron chi connectivity index (χ3n) is 5.50. The predicted octanol–water partition coefficient (Wildman–Crippen LogP) is 3.38. The van der Waals surface area contributed by atoms with Crippen molar-refractivity contribution < 1.29 is 42.4 Å². The van der Waals surface area contributed by atoms with E-state index in [2.05, 4.69) is 4.74 Å². The van der Waals surface area contributed by atoms with Gasteiger partial charge in [0, 0.05) is 23.5 Å². The lowest BCUT2D eigenvalue weighted by atomic mass is 9.65. The zero-order valence-corrected chi connectivity index (χ0v) is 16.5. The van der Waals surface area contributed by atoms with Crippen molar-refractivity contribution in [1.82, 2.24) is 0 Å². The number of phenolic OH excluding ortho intramolecular Hbond substituents is 1. The summed E-state index contributed by atoms with van der Waals surface area (Å²) in [7, 11) is 0.900. The number of alkyl halides is 3. The topological polar surface area (TPSA) is 93.1 Å². The van der Waals surface area contributed by atoms with Gasteiger partial charge in [0.15, 0.2) is 0 Å². The van der Waals surface area contributed by atoms with Gasteiger partial charge in [-0.1, -0.05) is 26.0 Å². The standard InChI is InChI=1S/C21H21F3O6/c1-19(2)8-12(10-25)15-14(9-19)30-20(28,21(22,23)24)17(18(27)29-3)16(15)11-4-6-13(26)7-5-11/h4-7,16-17,26,28H,8-9H2,1-3H3. The van der Waals surface area contributed by atoms with Crippen LogP contribution < -0.4 is 0 Å². The summed E-state index contributed by atoms with van der Waals surface area (Å²) in [5.41, 5.74) is -0.304. The first-order valence-corrected chi connectivity index (χ1v) is 9.17. The number of rotatable bonds is 2. The van der Waals surface area contributed by atoms with Crippen molar-refractivity contribution in [1.29, 1.82) is 0 Å². The van der Waals surface area contributed by atoms with Crippen molar-refractivity contribution in [3.8, 4) is 5.75 Å². The fraction of sp³-hybridized carbons (Fsp3) is 0.476. The maximum Gasteiger partial charge on any atom is 0.456 e. The number of allylic oxidation sites excluding steroid dienone is 3. The van der Waals surface area contributed by atoms with Crippen LogP contribution >= 0.6 is 0 Å². The van der Waals surface area contributed by atoms with Gasteiger partial charge in [-0.3, -0.25) is 4.79 Å². The summed E-state index contributed by atoms with van der Waals surface area (Å²) in [5, 5.41) is 20.3. The molecule has 0 bridgehead atoms. The van der Waals surface area contributed by atoms with Crippen LogP contribution in [0.2, 0.25) is 0 Å². The molecule has 6 nitrogen and oxygen atoms in total. The number of hydrogen-bond donors (Lipinski definition) is 2. The van der Waals surface area contributed by atoms with Crippen molar-refractivity contribution in [2.75, 3.05) is 7.11 Å². The van der Waals surface area contributed by atoms with Crippen LogP contribution in [-0.2, 0) is 19.1 Å². The average Bonchev–Trinajstić information content (AvgIpc) is 2.64. The van der Waals surface area contributed by atoms with Gasteiger partial charge in [-0.05, 0) is 29.5 Å². The van der Waals surface area contributed by atoms with E-state index in [1.54, 1.807) is 19.8 Å². The number of hydrogen-bond acceptors (Lipinski definition) is 6. The van der Waals surface area contributed by atoms with E-state index in [1.165, 1.54) is 24.3 Å². The molecule has 0 radical (unpaired) electrons. The van der Waals surface area contributed by atoms with Gasteiger partial charge in [-0.2, -0.15) is 13.2 Å². The molecule has 1 aromatic rings. The molecule has 1 heterocycles. The van der Waals surface area contributed by atoms with E-state index < -0.39 is 35.2 Å². The highest BCUT2D eigenvalue weighted by Crippen LogP contribution is 2.58. The molecule has 3 unspecified atom stereocenters. The number of halogens is 3. The van der Waals surface area contributed by atoms with Gasteiger partial charge >= 0.3 is 17.9 Å². The largest absolute Gasteiger partial charge is 0.508 e. The number of aromatic hydroxyl groups is 1. The van der Waals surface area contributed by atoms with Crippen LogP contribution in [0.5, 0.6) is 5.75 Å². The fourth-order valence-corrected chi connectivity index (χ4v) is 4.22. The molecular formula is C21H21F3O6. The normalized spacial score (nSPS) is 28.3. The van der Waals surface area contributed by atoms with Crippen LogP contribution in [0, 0.1) is 11.3 Å². The van der Waals surface area contributed by atoms with Gasteiger partial charge in [0.05, 0.1) is 7.11 Å². The van der Waals surface area contributed by atoms with Crippen molar-refractivity contribution >= 4 is 11.9 Å². The maximum absolute atomic E-state index is 14.0. The molecule has 0 amide bonds. The second-order valence-corrected chi connectivity index (χ2v) is 8.30. The zero-order chi connectivity index (χ0) is 22.5. The third kappa shape index (κ3) is 3.48. The smallest absolute Gasteiger partial charge is 0.456 e. The fourth-order valence-electron chi connectivity index (χ4n) is 4.22. The van der Waals surface area contributed by atoms with Crippen molar-refractivity contribution in [2.24, 2.45) is 11.3 Å². The molecule has 2 N–H and O–H groups in total. The molecule has 0 aromatic heterocycles. The van der Waals surface area contributed by atoms with E-state index in [4.69, 9.17) is 4.74 Å². The molecule has 0 saturated heterocycles. The van der Waals surface area contributed by atoms with Crippen molar-refractivity contribution in [2.45, 2.75) is 44.6 Å². The lowest BCUT2D eigenvalue weighted by molar-refractivity contribution is -0.378. The van der Waals surface area contributed by atoms with Crippen molar-refractivity contribution in [3.63, 3.8) is 0 Å². The lowest BCUT2D eigenvalue weighted by Gasteiger charge is -2.48. The molecule has 0 fully saturated rings. The van der Waals surface area contributed by atoms with Gasteiger partial charge in [0.1, 0.15) is 23.4 Å². The van der Waals surface area contributed by atoms with Crippen LogP contribution in [0.3, 0.4) is 0 Å². The van der Waals surface area contributed by atoms with Gasteiger partial charge in [0.25, 0.3) is 0 Å². The molecular weight excluding hydrogens is 405 g/mol. The maximum atomic E-state index is 14.0. The molecule has 1 aliphatic heterocycles. The van der Waals surface area contributed by atoms with E-state index in [0.717, 1.165) is 7.11 Å². The van der Waals surface area contributed by atoms with E-state index in [-0.39, 0.29) is 41.1 Å². The predicted molar refractivity (Wildman–Crippen MR) is 97.7 cm³/mol. The average molecular weight is 426 g/mol. The number of carbonyl (C=O) groups excluding carboxylic acids is 2. The second-order valence-electron chi connectivity index (χ2n) is 8.30. The van der Waals surface area contributed by atoms with E-state index >= 15 is 0 Å². The quantitative estimate of drug-likeness (QED) is 0.556. The molecule has 3 rings (SSSR count). The third-order valence-corrected chi connectivity index (χ3v) is 5.50. The number of aliphatic hydroxyl groups is 1. The Balaban J connectivity index is 2.36. The summed E-state index contributed by atoms with van der Waals surface area (Å²) < 4.78 is 51.7. The first-order valence-electron chi connectivity index (χ1n) is 9.17. The number of benzene rings is 1. The van der Waals surface area contributed by atoms with Gasteiger partial charge in [-0.15, -0.1) is 0 Å². The Morgan fingerprint density at radius 2 is 1.83 bits per heavy atom. The Kier molecular flexibility index (Phi) is 5.25. The Hall–Kier alpha value is -2.77. The van der Waals surface area contributed by atoms with E-state index in [9.17, 15) is 33.0 Å². The highest BCUT2D eigenvalue weighted by molar-refractivity contribution is 5.78. The zero-order valence-electron chi connectivity index (χ0n) is 16.5. The molecule has 162 valence electrons. The van der Waals surface area contributed by atoms with E-state index in [1.807, 2.05) is 0 Å². The molecule has 30 heavy (non-hydrogen) atoms. The number of ether oxygens (including phenoxy) is 2. The summed E-state index contributed by atoms with van der Waals surface area (Å²) in [5.74, 6) is -7.45. The molecule has 0 spiro atoms. The molecule has 2 aliphatic rings. The summed E-state index contributed by atoms with van der Waals surface area (Å²) in [6.45, 7) is 3.48. The Labute approximate surface area is 170 Å². The minimum absolute atomic E-state index is 0.00831. The highest BCUT2D eigenvalue weighted by atomic mass is 19.4. The summed E-state index contributed by atoms with van der Waals surface area (Å²) in [6.07, 6.45) is -5.13.